The normalized spacial score (nSPS) is 9.17. The van der Waals surface area contributed by atoms with Gasteiger partial charge in [0.15, 0.2) is 0 Å². The molecule has 0 N–H and O–H groups in total. The van der Waals surface area contributed by atoms with Crippen LogP contribution in [0.4, 0.5) is 0 Å². The molecule has 18 heavy (non-hydrogen) atoms. The van der Waals surface area contributed by atoms with Gasteiger partial charge in [0.2, 0.25) is 0 Å². The van der Waals surface area contributed by atoms with Crippen molar-refractivity contribution in [3.05, 3.63) is 0 Å². The minimum atomic E-state index is -0.943. The van der Waals surface area contributed by atoms with E-state index in [1.807, 2.05) is 0 Å². The summed E-state index contributed by atoms with van der Waals surface area (Å²) in [7, 11) is 0. The molecule has 2 nitrogen and oxygen atoms in total. The minimum Gasteiger partial charge on any atom is -0.322 e. The van der Waals surface area contributed by atoms with E-state index in [0.717, 1.165) is 23.4 Å². The Kier molecular flexibility index (Phi) is 17.8. The van der Waals surface area contributed by atoms with Gasteiger partial charge >= 0.3 is 29.4 Å². The molecule has 0 aromatic rings. The Hall–Kier alpha value is 0.405. The third kappa shape index (κ3) is 14.5. The average Bonchev–Trinajstić information content (AvgIpc) is 2.32. The number of rotatable bonds is 9. The molecule has 0 atom stereocenters. The largest absolute Gasteiger partial charge is 0.365 e. The first kappa shape index (κ1) is 20.7. The molecule has 0 saturated carbocycles. The lowest BCUT2D eigenvalue weighted by atomic mass is 10.4. The first-order valence-electron chi connectivity index (χ1n) is 7.55. The van der Waals surface area contributed by atoms with Crippen molar-refractivity contribution in [1.82, 2.24) is 0 Å². The summed E-state index contributed by atoms with van der Waals surface area (Å²) in [4.78, 5) is 21.6. The SMILES string of the molecule is CCC[CH2][AlH][C](C)=O.CCC[C](=O)[Al]([CH2]C)[CH2]C. The van der Waals surface area contributed by atoms with Crippen LogP contribution < -0.4 is 0 Å². The second-order valence-electron chi connectivity index (χ2n) is 4.89. The average molecular weight is 284 g/mol. The highest BCUT2D eigenvalue weighted by Crippen LogP contribution is 2.03. The van der Waals surface area contributed by atoms with Gasteiger partial charge in [-0.1, -0.05) is 62.8 Å². The first-order chi connectivity index (χ1) is 8.53. The van der Waals surface area contributed by atoms with E-state index in [4.69, 9.17) is 0 Å². The molecular formula is C14H30Al2O2. The molecular weight excluding hydrogens is 254 g/mol. The number of hydrogen-bond donors (Lipinski definition) is 0. The van der Waals surface area contributed by atoms with Crippen LogP contribution in [-0.2, 0) is 9.59 Å². The van der Waals surface area contributed by atoms with Gasteiger partial charge in [-0.3, -0.25) is 0 Å². The molecule has 0 aliphatic rings. The van der Waals surface area contributed by atoms with Gasteiger partial charge in [-0.15, -0.1) is 0 Å². The van der Waals surface area contributed by atoms with Crippen LogP contribution in [0.1, 0.15) is 60.3 Å². The fourth-order valence-corrected chi connectivity index (χ4v) is 5.25. The molecule has 0 amide bonds. The van der Waals surface area contributed by atoms with Gasteiger partial charge in [-0.05, 0) is 13.3 Å². The lowest BCUT2D eigenvalue weighted by molar-refractivity contribution is -0.112. The molecule has 0 aliphatic heterocycles. The van der Waals surface area contributed by atoms with Crippen LogP contribution in [0, 0.1) is 0 Å². The summed E-state index contributed by atoms with van der Waals surface area (Å²) in [5.74, 6) is 0. The Bertz CT molecular complexity index is 214. The first-order valence-corrected chi connectivity index (χ1v) is 11.5. The third-order valence-corrected chi connectivity index (χ3v) is 7.80. The highest BCUT2D eigenvalue weighted by Gasteiger charge is 2.20. The van der Waals surface area contributed by atoms with Crippen molar-refractivity contribution in [3.63, 3.8) is 0 Å². The predicted molar refractivity (Wildman–Crippen MR) is 84.2 cm³/mol. The maximum absolute atomic E-state index is 11.3. The number of hydrogen-bond acceptors (Lipinski definition) is 2. The molecule has 0 unspecified atom stereocenters. The standard InChI is InChI=1S/C4H7O.C4H9.C2H3O.2C2H5.2Al.H/c1-2-3-4-5;1-3-4-2;1-2-3;2*1-2;;;/h2-3H2,1H3;1,3-4H2,2H3;1H3;2*1H2,2H3;;;. The zero-order chi connectivity index (χ0) is 14.4. The van der Waals surface area contributed by atoms with E-state index < -0.39 is 14.1 Å². The molecule has 0 bridgehead atoms. The summed E-state index contributed by atoms with van der Waals surface area (Å²) in [5.41, 5.74) is 0. The van der Waals surface area contributed by atoms with Gasteiger partial charge in [0.25, 0.3) is 0 Å². The lowest BCUT2D eigenvalue weighted by Crippen LogP contribution is -2.23. The number of carbonyl (C=O) groups is 2. The maximum Gasteiger partial charge on any atom is 0.365 e. The van der Waals surface area contributed by atoms with E-state index in [9.17, 15) is 9.59 Å². The van der Waals surface area contributed by atoms with Crippen LogP contribution in [0.3, 0.4) is 0 Å². The highest BCUT2D eigenvalue weighted by molar-refractivity contribution is 6.89. The molecule has 4 heteroatoms. The summed E-state index contributed by atoms with van der Waals surface area (Å²) >= 11 is -1.25. The lowest BCUT2D eigenvalue weighted by Gasteiger charge is -2.02. The van der Waals surface area contributed by atoms with E-state index in [1.165, 1.54) is 18.1 Å². The quantitative estimate of drug-likeness (QED) is 0.479. The van der Waals surface area contributed by atoms with Crippen LogP contribution in [0.2, 0.25) is 15.8 Å². The van der Waals surface area contributed by atoms with Crippen LogP contribution in [-0.4, -0.2) is 38.7 Å². The summed E-state index contributed by atoms with van der Waals surface area (Å²) < 4.78 is 1.05. The van der Waals surface area contributed by atoms with E-state index >= 15 is 0 Å². The molecule has 0 rings (SSSR count). The van der Waals surface area contributed by atoms with Gasteiger partial charge in [0, 0.05) is 4.65 Å². The molecule has 0 aromatic heterocycles. The molecule has 0 spiro atoms. The summed E-state index contributed by atoms with van der Waals surface area (Å²) in [6.45, 7) is 10.2. The fourth-order valence-electron chi connectivity index (χ4n) is 1.82. The Morgan fingerprint density at radius 1 is 1.00 bits per heavy atom. The maximum atomic E-state index is 11.3. The molecule has 0 fully saturated rings. The van der Waals surface area contributed by atoms with Gasteiger partial charge in [0.05, 0.1) is 4.65 Å². The Morgan fingerprint density at radius 2 is 1.56 bits per heavy atom. The van der Waals surface area contributed by atoms with Gasteiger partial charge < -0.3 is 9.59 Å². The third-order valence-electron chi connectivity index (χ3n) is 3.07. The van der Waals surface area contributed by atoms with E-state index in [0.29, 0.717) is 9.29 Å². The van der Waals surface area contributed by atoms with Crippen molar-refractivity contribution < 1.29 is 9.59 Å². The van der Waals surface area contributed by atoms with E-state index in [-0.39, 0.29) is 15.2 Å². The Balaban J connectivity index is 0. The summed E-state index contributed by atoms with van der Waals surface area (Å²) in [5, 5.41) is 3.51. The van der Waals surface area contributed by atoms with E-state index in [1.54, 1.807) is 6.92 Å². The van der Waals surface area contributed by atoms with Crippen LogP contribution in [0.5, 0.6) is 0 Å². The van der Waals surface area contributed by atoms with Gasteiger partial charge in [-0.2, -0.15) is 0 Å². The topological polar surface area (TPSA) is 34.1 Å². The van der Waals surface area contributed by atoms with Crippen LogP contribution in [0.25, 0.3) is 0 Å². The Labute approximate surface area is 124 Å². The molecule has 0 aromatic carbocycles. The second-order valence-corrected chi connectivity index (χ2v) is 10.8. The van der Waals surface area contributed by atoms with Crippen molar-refractivity contribution in [2.75, 3.05) is 0 Å². The summed E-state index contributed by atoms with van der Waals surface area (Å²) in [6, 6.07) is 0. The van der Waals surface area contributed by atoms with Crippen molar-refractivity contribution in [2.45, 2.75) is 76.2 Å². The van der Waals surface area contributed by atoms with Gasteiger partial charge in [-0.25, -0.2) is 0 Å². The smallest absolute Gasteiger partial charge is 0.322 e. The van der Waals surface area contributed by atoms with Gasteiger partial charge in [0.1, 0.15) is 0 Å². The predicted octanol–water partition coefficient (Wildman–Crippen LogP) is 3.62. The molecule has 0 saturated heterocycles. The fraction of sp³-hybridized carbons (Fsp3) is 0.857. The minimum absolute atomic E-state index is 0.304. The van der Waals surface area contributed by atoms with Crippen LogP contribution >= 0.6 is 0 Å². The zero-order valence-electron chi connectivity index (χ0n) is 13.1. The van der Waals surface area contributed by atoms with Crippen molar-refractivity contribution in [3.8, 4) is 0 Å². The van der Waals surface area contributed by atoms with E-state index in [2.05, 4.69) is 27.7 Å². The Morgan fingerprint density at radius 3 is 1.89 bits per heavy atom. The van der Waals surface area contributed by atoms with Crippen molar-refractivity contribution >= 4 is 38.7 Å². The molecule has 0 aliphatic carbocycles. The summed E-state index contributed by atoms with van der Waals surface area (Å²) in [6.07, 6.45) is 4.35. The monoisotopic (exact) mass is 284 g/mol. The van der Waals surface area contributed by atoms with Crippen molar-refractivity contribution in [2.24, 2.45) is 0 Å². The van der Waals surface area contributed by atoms with Crippen LogP contribution in [0.15, 0.2) is 0 Å². The highest BCUT2D eigenvalue weighted by atomic mass is 27.2. The molecule has 104 valence electrons. The number of carbonyl (C=O) groups excluding carboxylic acids is 2. The molecule has 0 radical (unpaired) electrons. The zero-order valence-corrected chi connectivity index (χ0v) is 15.6. The second kappa shape index (κ2) is 15.5. The molecule has 0 heterocycles. The number of unbranched alkanes of at least 4 members (excludes halogenated alkanes) is 1. The van der Waals surface area contributed by atoms with Crippen molar-refractivity contribution in [1.29, 1.82) is 0 Å².